The highest BCUT2D eigenvalue weighted by Gasteiger charge is 2.45. The molecule has 1 fully saturated rings. The lowest BCUT2D eigenvalue weighted by atomic mass is 9.95. The summed E-state index contributed by atoms with van der Waals surface area (Å²) in [5, 5.41) is 10.9. The Morgan fingerprint density at radius 1 is 1.13 bits per heavy atom. The average Bonchev–Trinajstić information content (AvgIpc) is 2.97. The molecule has 3 rings (SSSR count). The molecule has 0 spiro atoms. The van der Waals surface area contributed by atoms with Gasteiger partial charge in [-0.05, 0) is 57.8 Å². The monoisotopic (exact) mass is 409 g/mol. The first-order chi connectivity index (χ1) is 14.3. The molecule has 2 aromatic rings. The fourth-order valence-electron chi connectivity index (χ4n) is 3.43. The van der Waals surface area contributed by atoms with Crippen molar-refractivity contribution in [3.05, 3.63) is 65.5 Å². The number of aromatic nitrogens is 1. The van der Waals surface area contributed by atoms with Gasteiger partial charge in [-0.15, -0.1) is 0 Å². The van der Waals surface area contributed by atoms with Gasteiger partial charge >= 0.3 is 0 Å². The molecule has 158 valence electrons. The summed E-state index contributed by atoms with van der Waals surface area (Å²) in [7, 11) is 3.81. The maximum absolute atomic E-state index is 12.9. The van der Waals surface area contributed by atoms with Gasteiger partial charge in [-0.2, -0.15) is 0 Å². The van der Waals surface area contributed by atoms with Crippen LogP contribution >= 0.6 is 0 Å². The molecule has 1 atom stereocenters. The molecule has 2 heterocycles. The van der Waals surface area contributed by atoms with Gasteiger partial charge in [0.1, 0.15) is 11.5 Å². The molecular weight excluding hydrogens is 382 g/mol. The van der Waals surface area contributed by atoms with Crippen LogP contribution in [0.1, 0.15) is 31.0 Å². The Kier molecular flexibility index (Phi) is 6.52. The van der Waals surface area contributed by atoms with Gasteiger partial charge in [-0.25, -0.2) is 0 Å². The van der Waals surface area contributed by atoms with Crippen molar-refractivity contribution in [1.82, 2.24) is 14.8 Å². The summed E-state index contributed by atoms with van der Waals surface area (Å²) in [6, 6.07) is 9.83. The number of rotatable bonds is 7. The Balaban J connectivity index is 2.07. The summed E-state index contributed by atoms with van der Waals surface area (Å²) in [6.07, 6.45) is 3.10. The minimum atomic E-state index is -0.685. The second kappa shape index (κ2) is 9.09. The van der Waals surface area contributed by atoms with E-state index in [1.54, 1.807) is 12.1 Å². The summed E-state index contributed by atoms with van der Waals surface area (Å²) >= 11 is 0. The maximum atomic E-state index is 12.9. The first-order valence-corrected chi connectivity index (χ1v) is 9.89. The summed E-state index contributed by atoms with van der Waals surface area (Å²) in [5.41, 5.74) is 1.27. The molecule has 1 unspecified atom stereocenters. The summed E-state index contributed by atoms with van der Waals surface area (Å²) < 4.78 is 5.70. The fraction of sp³-hybridized carbons (Fsp3) is 0.348. The van der Waals surface area contributed by atoms with Crippen LogP contribution in [0.5, 0.6) is 5.75 Å². The molecule has 0 bridgehead atoms. The fourth-order valence-corrected chi connectivity index (χ4v) is 3.43. The number of likely N-dealkylation sites (tertiary alicyclic amines) is 1. The van der Waals surface area contributed by atoms with Crippen molar-refractivity contribution < 1.29 is 19.4 Å². The van der Waals surface area contributed by atoms with Crippen LogP contribution in [-0.2, 0) is 9.59 Å². The van der Waals surface area contributed by atoms with Crippen molar-refractivity contribution in [1.29, 1.82) is 0 Å². The van der Waals surface area contributed by atoms with E-state index in [9.17, 15) is 14.7 Å². The second-order valence-corrected chi connectivity index (χ2v) is 7.77. The molecule has 1 saturated heterocycles. The Labute approximate surface area is 176 Å². The Bertz CT molecular complexity index is 937. The number of amides is 1. The van der Waals surface area contributed by atoms with Gasteiger partial charge in [-0.1, -0.05) is 12.1 Å². The molecule has 0 saturated carbocycles. The van der Waals surface area contributed by atoms with Gasteiger partial charge in [0, 0.05) is 31.0 Å². The zero-order valence-electron chi connectivity index (χ0n) is 17.7. The van der Waals surface area contributed by atoms with Crippen LogP contribution in [0.15, 0.2) is 54.4 Å². The quantitative estimate of drug-likeness (QED) is 0.430. The smallest absolute Gasteiger partial charge is 0.295 e. The van der Waals surface area contributed by atoms with E-state index in [1.165, 1.54) is 17.3 Å². The zero-order chi connectivity index (χ0) is 21.8. The summed E-state index contributed by atoms with van der Waals surface area (Å²) in [5.74, 6) is -0.792. The Hall–Kier alpha value is -3.19. The van der Waals surface area contributed by atoms with Gasteiger partial charge in [0.05, 0.1) is 17.7 Å². The van der Waals surface area contributed by atoms with Crippen LogP contribution < -0.4 is 4.74 Å². The molecule has 1 aliphatic heterocycles. The van der Waals surface area contributed by atoms with Gasteiger partial charge in [0.2, 0.25) is 0 Å². The van der Waals surface area contributed by atoms with E-state index in [0.29, 0.717) is 24.4 Å². The number of hydrogen-bond acceptors (Lipinski definition) is 6. The third-order valence-electron chi connectivity index (χ3n) is 4.85. The summed E-state index contributed by atoms with van der Waals surface area (Å²) in [6.45, 7) is 4.84. The minimum Gasteiger partial charge on any atom is -0.507 e. The van der Waals surface area contributed by atoms with E-state index >= 15 is 0 Å². The van der Waals surface area contributed by atoms with Crippen molar-refractivity contribution in [2.75, 3.05) is 27.2 Å². The topological polar surface area (TPSA) is 83.0 Å². The van der Waals surface area contributed by atoms with Crippen molar-refractivity contribution in [2.24, 2.45) is 0 Å². The third kappa shape index (κ3) is 4.52. The number of aliphatic hydroxyl groups is 1. The van der Waals surface area contributed by atoms with Crippen molar-refractivity contribution >= 4 is 17.4 Å². The molecule has 7 nitrogen and oxygen atoms in total. The van der Waals surface area contributed by atoms with E-state index in [1.807, 2.05) is 57.1 Å². The molecule has 0 radical (unpaired) electrons. The first-order valence-electron chi connectivity index (χ1n) is 9.89. The molecule has 1 aliphatic rings. The summed E-state index contributed by atoms with van der Waals surface area (Å²) in [4.78, 5) is 33.2. The van der Waals surface area contributed by atoms with Crippen LogP contribution in [0.2, 0.25) is 0 Å². The lowest BCUT2D eigenvalue weighted by Crippen LogP contribution is -2.35. The predicted octanol–water partition coefficient (Wildman–Crippen LogP) is 2.85. The van der Waals surface area contributed by atoms with Crippen molar-refractivity contribution in [2.45, 2.75) is 26.0 Å². The van der Waals surface area contributed by atoms with Crippen LogP contribution in [0.25, 0.3) is 5.76 Å². The lowest BCUT2D eigenvalue weighted by molar-refractivity contribution is -0.140. The number of ether oxygens (including phenoxy) is 1. The maximum Gasteiger partial charge on any atom is 0.295 e. The molecule has 30 heavy (non-hydrogen) atoms. The zero-order valence-corrected chi connectivity index (χ0v) is 17.7. The van der Waals surface area contributed by atoms with E-state index in [-0.39, 0.29) is 17.4 Å². The average molecular weight is 409 g/mol. The minimum absolute atomic E-state index is 0.0354. The number of aliphatic hydroxyl groups excluding tert-OH is 1. The number of nitrogens with zero attached hydrogens (tertiary/aromatic N) is 3. The number of ketones is 1. The number of Topliss-reactive ketones (excluding diaryl/α,β-unsaturated/α-hetero) is 1. The van der Waals surface area contributed by atoms with Crippen LogP contribution in [-0.4, -0.2) is 64.9 Å². The normalized spacial score (nSPS) is 18.5. The molecule has 7 heteroatoms. The van der Waals surface area contributed by atoms with Crippen LogP contribution in [0.3, 0.4) is 0 Å². The lowest BCUT2D eigenvalue weighted by Gasteiger charge is -2.26. The van der Waals surface area contributed by atoms with Gasteiger partial charge in [0.15, 0.2) is 0 Å². The largest absolute Gasteiger partial charge is 0.507 e. The number of benzene rings is 1. The van der Waals surface area contributed by atoms with E-state index in [2.05, 4.69) is 4.98 Å². The van der Waals surface area contributed by atoms with E-state index < -0.39 is 17.7 Å². The number of carbonyl (C=O) groups excluding carboxylic acids is 2. The molecule has 1 N–H and O–H groups in total. The number of likely N-dealkylation sites (N-methyl/N-ethyl adjacent to an activating group) is 1. The molecule has 0 aliphatic carbocycles. The van der Waals surface area contributed by atoms with E-state index in [4.69, 9.17) is 4.74 Å². The Morgan fingerprint density at radius 3 is 2.33 bits per heavy atom. The molecule has 1 amide bonds. The number of pyridine rings is 1. The molecular formula is C23H27N3O4. The third-order valence-corrected chi connectivity index (χ3v) is 4.85. The Morgan fingerprint density at radius 2 is 1.77 bits per heavy atom. The van der Waals surface area contributed by atoms with Crippen molar-refractivity contribution in [3.63, 3.8) is 0 Å². The van der Waals surface area contributed by atoms with Crippen molar-refractivity contribution in [3.8, 4) is 5.75 Å². The van der Waals surface area contributed by atoms with Crippen LogP contribution in [0.4, 0.5) is 0 Å². The second-order valence-electron chi connectivity index (χ2n) is 7.77. The van der Waals surface area contributed by atoms with Gasteiger partial charge < -0.3 is 19.6 Å². The highest BCUT2D eigenvalue weighted by molar-refractivity contribution is 6.46. The molecule has 1 aromatic carbocycles. The van der Waals surface area contributed by atoms with Gasteiger partial charge in [0.25, 0.3) is 11.7 Å². The SMILES string of the molecule is CC(C)Oc1ccc(C2/C(=C(/O)c3ccncc3)C(=O)C(=O)N2CCN(C)C)cc1. The first kappa shape index (κ1) is 21.5. The van der Waals surface area contributed by atoms with Crippen LogP contribution in [0, 0.1) is 0 Å². The highest BCUT2D eigenvalue weighted by atomic mass is 16.5. The standard InChI is InChI=1S/C23H27N3O4/c1-15(2)30-18-7-5-16(6-8-18)20-19(21(27)17-9-11-24-12-10-17)22(28)23(29)26(20)14-13-25(3)4/h5-12,15,20,27H,13-14H2,1-4H3/b21-19-. The number of carbonyl (C=O) groups is 2. The number of hydrogen-bond donors (Lipinski definition) is 1. The van der Waals surface area contributed by atoms with Gasteiger partial charge in [-0.3, -0.25) is 14.6 Å². The molecule has 1 aromatic heterocycles. The van der Waals surface area contributed by atoms with E-state index in [0.717, 1.165) is 5.56 Å². The predicted molar refractivity (Wildman–Crippen MR) is 114 cm³/mol. The highest BCUT2D eigenvalue weighted by Crippen LogP contribution is 2.39.